The quantitative estimate of drug-likeness (QED) is 0.472. The standard InChI is InChI=1S/C6H12N2O2/c1-8-3-4(9)2-5(8)6(7)10/h4-5,9H,2-3H2,1H3,(H2,7,10)/t4-,5+/m1/s1. The van der Waals surface area contributed by atoms with Gasteiger partial charge in [-0.25, -0.2) is 0 Å². The lowest BCUT2D eigenvalue weighted by molar-refractivity contribution is -0.121. The van der Waals surface area contributed by atoms with Gasteiger partial charge in [0.25, 0.3) is 0 Å². The monoisotopic (exact) mass is 144 g/mol. The highest BCUT2D eigenvalue weighted by Gasteiger charge is 2.31. The van der Waals surface area contributed by atoms with Gasteiger partial charge in [0.15, 0.2) is 0 Å². The number of likely N-dealkylation sites (N-methyl/N-ethyl adjacent to an activating group) is 1. The minimum Gasteiger partial charge on any atom is -0.392 e. The highest BCUT2D eigenvalue weighted by molar-refractivity contribution is 5.80. The van der Waals surface area contributed by atoms with E-state index in [9.17, 15) is 4.79 Å². The van der Waals surface area contributed by atoms with Crippen molar-refractivity contribution in [2.75, 3.05) is 13.6 Å². The van der Waals surface area contributed by atoms with Crippen molar-refractivity contribution in [3.8, 4) is 0 Å². The maximum atomic E-state index is 10.6. The summed E-state index contributed by atoms with van der Waals surface area (Å²) in [6, 6.07) is -0.269. The molecule has 0 radical (unpaired) electrons. The SMILES string of the molecule is CN1C[C@H](O)C[C@H]1C(N)=O. The summed E-state index contributed by atoms with van der Waals surface area (Å²) in [5.41, 5.74) is 5.06. The predicted molar refractivity (Wildman–Crippen MR) is 36.2 cm³/mol. The molecule has 1 amide bonds. The number of carbonyl (C=O) groups is 1. The first kappa shape index (κ1) is 7.50. The van der Waals surface area contributed by atoms with E-state index in [1.165, 1.54) is 0 Å². The van der Waals surface area contributed by atoms with Gasteiger partial charge in [0.05, 0.1) is 12.1 Å². The first-order chi connectivity index (χ1) is 4.61. The summed E-state index contributed by atoms with van der Waals surface area (Å²) in [6.45, 7) is 0.549. The van der Waals surface area contributed by atoms with Crippen molar-refractivity contribution < 1.29 is 9.90 Å². The Kier molecular flexibility index (Phi) is 1.92. The van der Waals surface area contributed by atoms with Crippen LogP contribution in [0.25, 0.3) is 0 Å². The van der Waals surface area contributed by atoms with Gasteiger partial charge in [-0.15, -0.1) is 0 Å². The van der Waals surface area contributed by atoms with E-state index < -0.39 is 0 Å². The molecule has 3 N–H and O–H groups in total. The third-order valence-electron chi connectivity index (χ3n) is 1.85. The smallest absolute Gasteiger partial charge is 0.234 e. The molecule has 0 aromatic carbocycles. The lowest BCUT2D eigenvalue weighted by atomic mass is 10.2. The maximum Gasteiger partial charge on any atom is 0.234 e. The normalized spacial score (nSPS) is 34.6. The highest BCUT2D eigenvalue weighted by atomic mass is 16.3. The van der Waals surface area contributed by atoms with Crippen molar-refractivity contribution in [3.05, 3.63) is 0 Å². The molecule has 58 valence electrons. The van der Waals surface area contributed by atoms with Gasteiger partial charge in [0.1, 0.15) is 0 Å². The van der Waals surface area contributed by atoms with Crippen LogP contribution in [0.3, 0.4) is 0 Å². The molecule has 2 atom stereocenters. The van der Waals surface area contributed by atoms with E-state index in [-0.39, 0.29) is 18.1 Å². The summed E-state index contributed by atoms with van der Waals surface area (Å²) >= 11 is 0. The van der Waals surface area contributed by atoms with Crippen LogP contribution in [0.1, 0.15) is 6.42 Å². The molecule has 0 aromatic heterocycles. The second-order valence-corrected chi connectivity index (χ2v) is 2.75. The van der Waals surface area contributed by atoms with Crippen molar-refractivity contribution in [2.24, 2.45) is 5.73 Å². The number of likely N-dealkylation sites (tertiary alicyclic amines) is 1. The van der Waals surface area contributed by atoms with Crippen LogP contribution >= 0.6 is 0 Å². The minimum atomic E-state index is -0.387. The van der Waals surface area contributed by atoms with Crippen LogP contribution < -0.4 is 5.73 Å². The molecule has 1 saturated heterocycles. The molecule has 0 bridgehead atoms. The molecular weight excluding hydrogens is 132 g/mol. The van der Waals surface area contributed by atoms with Crippen LogP contribution in [0.2, 0.25) is 0 Å². The average Bonchev–Trinajstić information content (AvgIpc) is 2.10. The summed E-state index contributed by atoms with van der Waals surface area (Å²) in [7, 11) is 1.78. The zero-order valence-electron chi connectivity index (χ0n) is 5.95. The van der Waals surface area contributed by atoms with Crippen LogP contribution in [-0.2, 0) is 4.79 Å². The Morgan fingerprint density at radius 3 is 2.60 bits per heavy atom. The third kappa shape index (κ3) is 1.27. The van der Waals surface area contributed by atoms with Gasteiger partial charge in [-0.2, -0.15) is 0 Å². The molecule has 4 nitrogen and oxygen atoms in total. The number of nitrogens with two attached hydrogens (primary N) is 1. The molecule has 1 fully saturated rings. The van der Waals surface area contributed by atoms with E-state index in [1.54, 1.807) is 11.9 Å². The number of aliphatic hydroxyl groups excluding tert-OH is 1. The molecule has 0 unspecified atom stereocenters. The third-order valence-corrected chi connectivity index (χ3v) is 1.85. The van der Waals surface area contributed by atoms with Crippen LogP contribution in [0, 0.1) is 0 Å². The summed E-state index contributed by atoms with van der Waals surface area (Å²) in [5.74, 6) is -0.348. The Labute approximate surface area is 59.6 Å². The first-order valence-corrected chi connectivity index (χ1v) is 3.29. The second-order valence-electron chi connectivity index (χ2n) is 2.75. The summed E-state index contributed by atoms with van der Waals surface area (Å²) in [5, 5.41) is 9.07. The lowest BCUT2D eigenvalue weighted by Crippen LogP contribution is -2.37. The van der Waals surface area contributed by atoms with E-state index >= 15 is 0 Å². The van der Waals surface area contributed by atoms with E-state index in [2.05, 4.69) is 0 Å². The Morgan fingerprint density at radius 1 is 1.80 bits per heavy atom. The fraction of sp³-hybridized carbons (Fsp3) is 0.833. The van der Waals surface area contributed by atoms with Crippen molar-refractivity contribution in [3.63, 3.8) is 0 Å². The average molecular weight is 144 g/mol. The fourth-order valence-electron chi connectivity index (χ4n) is 1.31. The molecule has 0 spiro atoms. The molecule has 0 aliphatic carbocycles. The summed E-state index contributed by atoms with van der Waals surface area (Å²) in [6.07, 6.45) is 0.0914. The number of hydrogen-bond acceptors (Lipinski definition) is 3. The van der Waals surface area contributed by atoms with Crippen LogP contribution in [0.4, 0.5) is 0 Å². The predicted octanol–water partition coefficient (Wildman–Crippen LogP) is -1.46. The zero-order valence-corrected chi connectivity index (χ0v) is 5.95. The Hall–Kier alpha value is -0.610. The van der Waals surface area contributed by atoms with E-state index in [0.29, 0.717) is 13.0 Å². The van der Waals surface area contributed by atoms with Crippen molar-refractivity contribution in [1.29, 1.82) is 0 Å². The van der Waals surface area contributed by atoms with Gasteiger partial charge in [-0.3, -0.25) is 9.69 Å². The largest absolute Gasteiger partial charge is 0.392 e. The second kappa shape index (κ2) is 2.56. The maximum absolute atomic E-state index is 10.6. The number of hydrogen-bond donors (Lipinski definition) is 2. The number of rotatable bonds is 1. The molecule has 1 aliphatic heterocycles. The molecule has 1 heterocycles. The van der Waals surface area contributed by atoms with Gasteiger partial charge in [-0.1, -0.05) is 0 Å². The molecule has 4 heteroatoms. The zero-order chi connectivity index (χ0) is 7.72. The van der Waals surface area contributed by atoms with E-state index in [1.807, 2.05) is 0 Å². The molecule has 10 heavy (non-hydrogen) atoms. The number of nitrogens with zero attached hydrogens (tertiary/aromatic N) is 1. The van der Waals surface area contributed by atoms with Gasteiger partial charge in [-0.05, 0) is 13.5 Å². The Morgan fingerprint density at radius 2 is 2.40 bits per heavy atom. The molecule has 0 aromatic rings. The minimum absolute atomic E-state index is 0.269. The van der Waals surface area contributed by atoms with Crippen molar-refractivity contribution >= 4 is 5.91 Å². The van der Waals surface area contributed by atoms with Gasteiger partial charge in [0.2, 0.25) is 5.91 Å². The molecule has 1 rings (SSSR count). The van der Waals surface area contributed by atoms with E-state index in [4.69, 9.17) is 10.8 Å². The van der Waals surface area contributed by atoms with Crippen LogP contribution in [0.15, 0.2) is 0 Å². The van der Waals surface area contributed by atoms with Crippen molar-refractivity contribution in [2.45, 2.75) is 18.6 Å². The number of carbonyl (C=O) groups excluding carboxylic acids is 1. The van der Waals surface area contributed by atoms with Crippen LogP contribution in [-0.4, -0.2) is 41.7 Å². The molecule has 0 saturated carbocycles. The molecule has 1 aliphatic rings. The Balaban J connectivity index is 2.54. The first-order valence-electron chi connectivity index (χ1n) is 3.29. The highest BCUT2D eigenvalue weighted by Crippen LogP contribution is 2.14. The van der Waals surface area contributed by atoms with Gasteiger partial charge < -0.3 is 10.8 Å². The molecular formula is C6H12N2O2. The number of β-amino-alcohol motifs (C(OH)–C–C–N with tert-alkyl or cyclic N) is 1. The number of aliphatic hydroxyl groups is 1. The number of primary amides is 1. The fourth-order valence-corrected chi connectivity index (χ4v) is 1.31. The number of amides is 1. The Bertz CT molecular complexity index is 149. The lowest BCUT2D eigenvalue weighted by Gasteiger charge is -2.13. The van der Waals surface area contributed by atoms with Gasteiger partial charge >= 0.3 is 0 Å². The van der Waals surface area contributed by atoms with Gasteiger partial charge in [0, 0.05) is 6.54 Å². The van der Waals surface area contributed by atoms with Crippen molar-refractivity contribution in [1.82, 2.24) is 4.90 Å². The summed E-state index contributed by atoms with van der Waals surface area (Å²) < 4.78 is 0. The topological polar surface area (TPSA) is 66.6 Å². The van der Waals surface area contributed by atoms with E-state index in [0.717, 1.165) is 0 Å². The summed E-state index contributed by atoms with van der Waals surface area (Å²) in [4.78, 5) is 12.4. The van der Waals surface area contributed by atoms with Crippen LogP contribution in [0.5, 0.6) is 0 Å².